The Hall–Kier alpha value is -1.02. The van der Waals surface area contributed by atoms with Crippen LogP contribution < -0.4 is 5.73 Å². The standard InChI is InChI=1S/C36H70NO7P/c1-3-5-7-9-11-12-13-14-15-16-17-18-19-20-21-22-24-26-28-31-41-33-35(34-43-45(39,40)42-32-30-37)44-36(38)29-27-25-23-10-8-6-4-2/h12-13,15-16,35H,3-11,14,17-34,37H2,1-2H3,(H,39,40)/b13-12-,16-15-. The third-order valence-electron chi connectivity index (χ3n) is 7.62. The Kier molecular flexibility index (Phi) is 33.5. The van der Waals surface area contributed by atoms with Gasteiger partial charge in [0.2, 0.25) is 0 Å². The van der Waals surface area contributed by atoms with E-state index in [1.165, 1.54) is 103 Å². The van der Waals surface area contributed by atoms with Crippen molar-refractivity contribution >= 4 is 13.8 Å². The van der Waals surface area contributed by atoms with E-state index in [9.17, 15) is 14.3 Å². The molecule has 266 valence electrons. The lowest BCUT2D eigenvalue weighted by Gasteiger charge is -2.20. The van der Waals surface area contributed by atoms with E-state index in [1.807, 2.05) is 0 Å². The van der Waals surface area contributed by atoms with Crippen LogP contribution in [0.4, 0.5) is 0 Å². The summed E-state index contributed by atoms with van der Waals surface area (Å²) in [5, 5.41) is 0. The predicted octanol–water partition coefficient (Wildman–Crippen LogP) is 10.1. The Morgan fingerprint density at radius 3 is 1.76 bits per heavy atom. The highest BCUT2D eigenvalue weighted by Crippen LogP contribution is 2.43. The normalized spacial score (nSPS) is 14.0. The van der Waals surface area contributed by atoms with Gasteiger partial charge in [0.1, 0.15) is 6.10 Å². The van der Waals surface area contributed by atoms with Gasteiger partial charge in [-0.05, 0) is 44.9 Å². The third-order valence-corrected chi connectivity index (χ3v) is 8.61. The summed E-state index contributed by atoms with van der Waals surface area (Å²) < 4.78 is 33.1. The minimum atomic E-state index is -4.26. The summed E-state index contributed by atoms with van der Waals surface area (Å²) in [4.78, 5) is 22.2. The molecule has 2 atom stereocenters. The van der Waals surface area contributed by atoms with Crippen molar-refractivity contribution in [3.8, 4) is 0 Å². The molecule has 0 aromatic carbocycles. The summed E-state index contributed by atoms with van der Waals surface area (Å²) >= 11 is 0. The molecule has 0 aliphatic heterocycles. The number of carbonyl (C=O) groups is 1. The van der Waals surface area contributed by atoms with Gasteiger partial charge in [-0.15, -0.1) is 0 Å². The minimum absolute atomic E-state index is 0.0955. The quantitative estimate of drug-likeness (QED) is 0.0299. The number of ether oxygens (including phenoxy) is 2. The number of rotatable bonds is 35. The molecule has 0 aromatic rings. The van der Waals surface area contributed by atoms with Crippen LogP contribution in [0.15, 0.2) is 24.3 Å². The number of phosphoric acid groups is 1. The lowest BCUT2D eigenvalue weighted by molar-refractivity contribution is -0.154. The highest BCUT2D eigenvalue weighted by atomic mass is 31.2. The highest BCUT2D eigenvalue weighted by Gasteiger charge is 2.25. The molecule has 0 heterocycles. The molecule has 0 saturated carbocycles. The number of phosphoric ester groups is 1. The molecule has 9 heteroatoms. The molecule has 0 rings (SSSR count). The van der Waals surface area contributed by atoms with E-state index in [0.29, 0.717) is 13.0 Å². The zero-order chi connectivity index (χ0) is 33.1. The van der Waals surface area contributed by atoms with Gasteiger partial charge < -0.3 is 20.1 Å². The number of carbonyl (C=O) groups excluding carboxylic acids is 1. The molecule has 0 saturated heterocycles. The molecule has 45 heavy (non-hydrogen) atoms. The molecule has 0 radical (unpaired) electrons. The van der Waals surface area contributed by atoms with E-state index in [0.717, 1.165) is 38.5 Å². The second-order valence-corrected chi connectivity index (χ2v) is 13.5. The highest BCUT2D eigenvalue weighted by molar-refractivity contribution is 7.47. The molecule has 0 aliphatic rings. The van der Waals surface area contributed by atoms with E-state index in [-0.39, 0.29) is 32.3 Å². The summed E-state index contributed by atoms with van der Waals surface area (Å²) in [6.07, 6.45) is 34.9. The maximum absolute atomic E-state index is 12.4. The van der Waals surface area contributed by atoms with Gasteiger partial charge in [0.15, 0.2) is 0 Å². The summed E-state index contributed by atoms with van der Waals surface area (Å²) in [5.74, 6) is -0.340. The fourth-order valence-corrected chi connectivity index (χ4v) is 5.67. The van der Waals surface area contributed by atoms with Gasteiger partial charge in [-0.25, -0.2) is 4.57 Å². The number of esters is 1. The van der Waals surface area contributed by atoms with Crippen LogP contribution in [-0.2, 0) is 27.9 Å². The summed E-state index contributed by atoms with van der Waals surface area (Å²) in [7, 11) is -4.26. The van der Waals surface area contributed by atoms with Crippen molar-refractivity contribution in [1.29, 1.82) is 0 Å². The van der Waals surface area contributed by atoms with Gasteiger partial charge in [0, 0.05) is 19.6 Å². The lowest BCUT2D eigenvalue weighted by Crippen LogP contribution is -2.28. The number of hydrogen-bond acceptors (Lipinski definition) is 7. The number of nitrogens with two attached hydrogens (primary N) is 1. The second-order valence-electron chi connectivity index (χ2n) is 12.1. The second kappa shape index (κ2) is 34.3. The first-order valence-electron chi connectivity index (χ1n) is 18.3. The van der Waals surface area contributed by atoms with Gasteiger partial charge in [-0.1, -0.05) is 134 Å². The molecule has 8 nitrogen and oxygen atoms in total. The van der Waals surface area contributed by atoms with Gasteiger partial charge in [0.05, 0.1) is 19.8 Å². The Morgan fingerprint density at radius 2 is 1.18 bits per heavy atom. The van der Waals surface area contributed by atoms with Crippen molar-refractivity contribution in [2.75, 3.05) is 33.0 Å². The van der Waals surface area contributed by atoms with E-state index >= 15 is 0 Å². The molecular weight excluding hydrogens is 589 g/mol. The minimum Gasteiger partial charge on any atom is -0.457 e. The molecule has 0 amide bonds. The summed E-state index contributed by atoms with van der Waals surface area (Å²) in [6.45, 7) is 4.84. The number of hydrogen-bond donors (Lipinski definition) is 2. The molecular formula is C36H70NO7P. The van der Waals surface area contributed by atoms with E-state index in [4.69, 9.17) is 24.3 Å². The zero-order valence-corrected chi connectivity index (χ0v) is 30.0. The first-order chi connectivity index (χ1) is 21.9. The molecule has 0 fully saturated rings. The molecule has 0 bridgehead atoms. The van der Waals surface area contributed by atoms with Crippen LogP contribution in [0.2, 0.25) is 0 Å². The predicted molar refractivity (Wildman–Crippen MR) is 187 cm³/mol. The zero-order valence-electron chi connectivity index (χ0n) is 29.1. The lowest BCUT2D eigenvalue weighted by atomic mass is 10.1. The fraction of sp³-hybridized carbons (Fsp3) is 0.861. The van der Waals surface area contributed by atoms with Crippen molar-refractivity contribution in [3.63, 3.8) is 0 Å². The van der Waals surface area contributed by atoms with Gasteiger partial charge >= 0.3 is 13.8 Å². The van der Waals surface area contributed by atoms with Crippen molar-refractivity contribution in [3.05, 3.63) is 24.3 Å². The van der Waals surface area contributed by atoms with Crippen LogP contribution >= 0.6 is 7.82 Å². The van der Waals surface area contributed by atoms with E-state index < -0.39 is 13.9 Å². The monoisotopic (exact) mass is 659 g/mol. The van der Waals surface area contributed by atoms with Crippen LogP contribution in [0.1, 0.15) is 162 Å². The first-order valence-corrected chi connectivity index (χ1v) is 19.8. The largest absolute Gasteiger partial charge is 0.472 e. The van der Waals surface area contributed by atoms with Crippen molar-refractivity contribution in [1.82, 2.24) is 0 Å². The fourth-order valence-electron chi connectivity index (χ4n) is 4.91. The SMILES string of the molecule is CCCCCC/C=C\C/C=C\CCCCCCCCCCOCC(COP(=O)(O)OCCN)OC(=O)CCCCCCCCC. The Bertz CT molecular complexity index is 747. The Balaban J connectivity index is 3.98. The van der Waals surface area contributed by atoms with Gasteiger partial charge in [0.25, 0.3) is 0 Å². The van der Waals surface area contributed by atoms with Crippen molar-refractivity contribution in [2.45, 2.75) is 168 Å². The van der Waals surface area contributed by atoms with E-state index in [2.05, 4.69) is 38.2 Å². The summed E-state index contributed by atoms with van der Waals surface area (Å²) in [5.41, 5.74) is 5.33. The average Bonchev–Trinajstić information content (AvgIpc) is 3.02. The van der Waals surface area contributed by atoms with Crippen LogP contribution in [-0.4, -0.2) is 49.9 Å². The average molecular weight is 660 g/mol. The van der Waals surface area contributed by atoms with Gasteiger partial charge in [-0.2, -0.15) is 0 Å². The smallest absolute Gasteiger partial charge is 0.457 e. The number of unbranched alkanes of at least 4 members (excludes halogenated alkanes) is 18. The van der Waals surface area contributed by atoms with Crippen LogP contribution in [0.3, 0.4) is 0 Å². The maximum atomic E-state index is 12.4. The van der Waals surface area contributed by atoms with Crippen molar-refractivity contribution < 1.29 is 32.8 Å². The van der Waals surface area contributed by atoms with Crippen LogP contribution in [0.5, 0.6) is 0 Å². The first kappa shape index (κ1) is 44.0. The third kappa shape index (κ3) is 34.1. The van der Waals surface area contributed by atoms with Crippen LogP contribution in [0, 0.1) is 0 Å². The molecule has 0 spiro atoms. The van der Waals surface area contributed by atoms with Crippen molar-refractivity contribution in [2.24, 2.45) is 5.73 Å². The number of allylic oxidation sites excluding steroid dienone is 4. The topological polar surface area (TPSA) is 117 Å². The molecule has 0 aromatic heterocycles. The molecule has 2 unspecified atom stereocenters. The Morgan fingerprint density at radius 1 is 0.667 bits per heavy atom. The van der Waals surface area contributed by atoms with Gasteiger partial charge in [-0.3, -0.25) is 13.8 Å². The van der Waals surface area contributed by atoms with Crippen LogP contribution in [0.25, 0.3) is 0 Å². The molecule has 0 aliphatic carbocycles. The molecule has 3 N–H and O–H groups in total. The Labute approximate surface area is 276 Å². The maximum Gasteiger partial charge on any atom is 0.472 e. The summed E-state index contributed by atoms with van der Waals surface area (Å²) in [6, 6.07) is 0. The van der Waals surface area contributed by atoms with E-state index in [1.54, 1.807) is 0 Å².